The Kier molecular flexibility index (Phi) is 7.54. The molecule has 2 aromatic carbocycles. The van der Waals surface area contributed by atoms with Crippen LogP contribution >= 0.6 is 11.3 Å². The van der Waals surface area contributed by atoms with Crippen LogP contribution in [0.1, 0.15) is 20.8 Å². The maximum atomic E-state index is 12.4. The molecule has 2 N–H and O–H groups in total. The summed E-state index contributed by atoms with van der Waals surface area (Å²) in [6.07, 6.45) is -4.44. The molecule has 0 aliphatic rings. The molecule has 32 heavy (non-hydrogen) atoms. The van der Waals surface area contributed by atoms with Crippen molar-refractivity contribution >= 4 is 27.3 Å². The Morgan fingerprint density at radius 2 is 1.75 bits per heavy atom. The zero-order valence-corrected chi connectivity index (χ0v) is 18.2. The molecule has 0 saturated carbocycles. The number of amides is 1. The maximum Gasteiger partial charge on any atom is 0.422 e. The molecule has 0 saturated heterocycles. The number of hydrogen-bond donors (Lipinski definition) is 2. The molecule has 3 aromatic rings. The van der Waals surface area contributed by atoms with Crippen molar-refractivity contribution < 1.29 is 31.1 Å². The largest absolute Gasteiger partial charge is 0.484 e. The Hall–Kier alpha value is -2.89. The van der Waals surface area contributed by atoms with Crippen LogP contribution in [0.4, 0.5) is 13.2 Å². The zero-order valence-electron chi connectivity index (χ0n) is 16.6. The van der Waals surface area contributed by atoms with Crippen molar-refractivity contribution in [3.05, 3.63) is 82.0 Å². The van der Waals surface area contributed by atoms with Crippen molar-refractivity contribution in [1.82, 2.24) is 10.0 Å². The highest BCUT2D eigenvalue weighted by Crippen LogP contribution is 2.19. The Labute approximate surface area is 187 Å². The molecule has 0 bridgehead atoms. The Bertz CT molecular complexity index is 1150. The normalized spacial score (nSPS) is 11.8. The first-order chi connectivity index (χ1) is 15.1. The summed E-state index contributed by atoms with van der Waals surface area (Å²) in [7, 11) is -3.72. The fraction of sp³-hybridized carbons (Fsp3) is 0.190. The van der Waals surface area contributed by atoms with Gasteiger partial charge in [-0.1, -0.05) is 18.2 Å². The van der Waals surface area contributed by atoms with Gasteiger partial charge in [-0.15, -0.1) is 11.3 Å². The minimum Gasteiger partial charge on any atom is -0.484 e. The van der Waals surface area contributed by atoms with Gasteiger partial charge in [-0.2, -0.15) is 13.2 Å². The molecule has 0 spiro atoms. The van der Waals surface area contributed by atoms with Crippen LogP contribution in [-0.4, -0.2) is 27.1 Å². The van der Waals surface area contributed by atoms with E-state index in [0.29, 0.717) is 5.56 Å². The highest BCUT2D eigenvalue weighted by molar-refractivity contribution is 7.89. The van der Waals surface area contributed by atoms with Crippen LogP contribution in [-0.2, 0) is 23.1 Å². The summed E-state index contributed by atoms with van der Waals surface area (Å²) >= 11 is 1.44. The fourth-order valence-electron chi connectivity index (χ4n) is 2.64. The number of nitrogens with one attached hydrogen (secondary N) is 2. The number of alkyl halides is 3. The lowest BCUT2D eigenvalue weighted by Crippen LogP contribution is -2.24. The summed E-state index contributed by atoms with van der Waals surface area (Å²) in [5.74, 6) is -0.416. The monoisotopic (exact) mass is 484 g/mol. The molecule has 1 amide bonds. The molecule has 0 fully saturated rings. The van der Waals surface area contributed by atoms with E-state index >= 15 is 0 Å². The van der Waals surface area contributed by atoms with E-state index in [-0.39, 0.29) is 29.3 Å². The third-order valence-corrected chi connectivity index (χ3v) is 6.49. The summed E-state index contributed by atoms with van der Waals surface area (Å²) in [6.45, 7) is -1.17. The van der Waals surface area contributed by atoms with Crippen LogP contribution in [0.25, 0.3) is 0 Å². The van der Waals surface area contributed by atoms with Crippen LogP contribution in [0.15, 0.2) is 70.9 Å². The van der Waals surface area contributed by atoms with Gasteiger partial charge in [-0.3, -0.25) is 4.79 Å². The minimum absolute atomic E-state index is 0.0279. The first kappa shape index (κ1) is 23.8. The summed E-state index contributed by atoms with van der Waals surface area (Å²) in [6, 6.07) is 15.0. The highest BCUT2D eigenvalue weighted by Gasteiger charge is 2.28. The predicted octanol–water partition coefficient (Wildman–Crippen LogP) is 4.10. The van der Waals surface area contributed by atoms with E-state index in [1.54, 1.807) is 6.07 Å². The second-order valence-electron chi connectivity index (χ2n) is 6.66. The van der Waals surface area contributed by atoms with E-state index in [1.807, 2.05) is 17.5 Å². The number of carbonyl (C=O) groups is 1. The van der Waals surface area contributed by atoms with E-state index in [2.05, 4.69) is 10.0 Å². The van der Waals surface area contributed by atoms with Crippen molar-refractivity contribution in [1.29, 1.82) is 0 Å². The summed E-state index contributed by atoms with van der Waals surface area (Å²) in [5, 5.41) is 4.49. The average Bonchev–Trinajstić information content (AvgIpc) is 3.28. The first-order valence-electron chi connectivity index (χ1n) is 9.31. The third-order valence-electron chi connectivity index (χ3n) is 4.20. The molecule has 11 heteroatoms. The number of ether oxygens (including phenoxy) is 1. The van der Waals surface area contributed by atoms with Crippen molar-refractivity contribution in [2.75, 3.05) is 6.61 Å². The number of hydrogen-bond acceptors (Lipinski definition) is 5. The SMILES string of the molecule is O=C(NCc1cccc(OCC(F)(F)F)c1)c1ccc(S(=O)(=O)NCc2cccs2)cc1. The summed E-state index contributed by atoms with van der Waals surface area (Å²) in [4.78, 5) is 13.2. The number of benzene rings is 2. The van der Waals surface area contributed by atoms with Gasteiger partial charge < -0.3 is 10.1 Å². The predicted molar refractivity (Wildman–Crippen MR) is 114 cm³/mol. The van der Waals surface area contributed by atoms with Crippen LogP contribution in [0, 0.1) is 0 Å². The van der Waals surface area contributed by atoms with Gasteiger partial charge in [0.2, 0.25) is 10.0 Å². The van der Waals surface area contributed by atoms with E-state index in [0.717, 1.165) is 4.88 Å². The lowest BCUT2D eigenvalue weighted by Gasteiger charge is -2.11. The molecule has 0 aliphatic carbocycles. The van der Waals surface area contributed by atoms with Gasteiger partial charge in [0, 0.05) is 23.5 Å². The van der Waals surface area contributed by atoms with Gasteiger partial charge >= 0.3 is 6.18 Å². The first-order valence-corrected chi connectivity index (χ1v) is 11.7. The van der Waals surface area contributed by atoms with Crippen molar-refractivity contribution in [2.45, 2.75) is 24.2 Å². The van der Waals surface area contributed by atoms with E-state index in [1.165, 1.54) is 53.8 Å². The van der Waals surface area contributed by atoms with Crippen molar-refractivity contribution in [3.63, 3.8) is 0 Å². The molecule has 0 atom stereocenters. The van der Waals surface area contributed by atoms with Gasteiger partial charge in [0.25, 0.3) is 5.91 Å². The van der Waals surface area contributed by atoms with E-state index in [4.69, 9.17) is 4.74 Å². The van der Waals surface area contributed by atoms with Crippen molar-refractivity contribution in [2.24, 2.45) is 0 Å². The summed E-state index contributed by atoms with van der Waals surface area (Å²) in [5.41, 5.74) is 0.793. The second-order valence-corrected chi connectivity index (χ2v) is 9.46. The van der Waals surface area contributed by atoms with Crippen LogP contribution in [0.3, 0.4) is 0 Å². The molecule has 0 radical (unpaired) electrons. The summed E-state index contributed by atoms with van der Waals surface area (Å²) < 4.78 is 68.8. The smallest absolute Gasteiger partial charge is 0.422 e. The lowest BCUT2D eigenvalue weighted by molar-refractivity contribution is -0.153. The number of halogens is 3. The Morgan fingerprint density at radius 3 is 2.41 bits per heavy atom. The van der Waals surface area contributed by atoms with Gasteiger partial charge in [-0.25, -0.2) is 13.1 Å². The topological polar surface area (TPSA) is 84.5 Å². The molecule has 3 rings (SSSR count). The van der Waals surface area contributed by atoms with Gasteiger partial charge in [0.05, 0.1) is 4.90 Å². The number of carbonyl (C=O) groups excluding carboxylic acids is 1. The zero-order chi connectivity index (χ0) is 23.2. The minimum atomic E-state index is -4.44. The highest BCUT2D eigenvalue weighted by atomic mass is 32.2. The van der Waals surface area contributed by atoms with Gasteiger partial charge in [0.1, 0.15) is 5.75 Å². The van der Waals surface area contributed by atoms with E-state index < -0.39 is 28.7 Å². The quantitative estimate of drug-likeness (QED) is 0.479. The molecule has 1 aromatic heterocycles. The average molecular weight is 485 g/mol. The molecule has 170 valence electrons. The standard InChI is InChI=1S/C21H19F3N2O4S2/c22-21(23,24)14-30-17-4-1-3-15(11-17)12-25-20(27)16-6-8-19(9-7-16)32(28,29)26-13-18-5-2-10-31-18/h1-11,26H,12-14H2,(H,25,27). The lowest BCUT2D eigenvalue weighted by atomic mass is 10.2. The number of sulfonamides is 1. The second kappa shape index (κ2) is 10.2. The molecule has 0 unspecified atom stereocenters. The van der Waals surface area contributed by atoms with Crippen LogP contribution in [0.5, 0.6) is 5.75 Å². The molecular weight excluding hydrogens is 465 g/mol. The van der Waals surface area contributed by atoms with Gasteiger partial charge in [-0.05, 0) is 53.4 Å². The molecular formula is C21H19F3N2O4S2. The van der Waals surface area contributed by atoms with E-state index in [9.17, 15) is 26.4 Å². The third kappa shape index (κ3) is 7.08. The molecule has 6 nitrogen and oxygen atoms in total. The van der Waals surface area contributed by atoms with Crippen LogP contribution in [0.2, 0.25) is 0 Å². The molecule has 0 aliphatic heterocycles. The van der Waals surface area contributed by atoms with Crippen molar-refractivity contribution in [3.8, 4) is 5.75 Å². The van der Waals surface area contributed by atoms with Crippen LogP contribution < -0.4 is 14.8 Å². The van der Waals surface area contributed by atoms with Gasteiger partial charge in [0.15, 0.2) is 6.61 Å². The number of rotatable bonds is 9. The maximum absolute atomic E-state index is 12.4. The Balaban J connectivity index is 1.56. The Morgan fingerprint density at radius 1 is 1.00 bits per heavy atom. The fourth-order valence-corrected chi connectivity index (χ4v) is 4.39. The molecule has 1 heterocycles. The number of thiophene rings is 1.